The molecular formula is C24H15ClO. The van der Waals surface area contributed by atoms with Crippen LogP contribution in [0.3, 0.4) is 0 Å². The summed E-state index contributed by atoms with van der Waals surface area (Å²) in [7, 11) is 0. The summed E-state index contributed by atoms with van der Waals surface area (Å²) in [6.45, 7) is 0. The van der Waals surface area contributed by atoms with Crippen molar-refractivity contribution in [3.63, 3.8) is 0 Å². The van der Waals surface area contributed by atoms with Crippen LogP contribution in [-0.2, 0) is 0 Å². The van der Waals surface area contributed by atoms with Gasteiger partial charge in [-0.2, -0.15) is 0 Å². The van der Waals surface area contributed by atoms with Crippen molar-refractivity contribution in [2.75, 3.05) is 0 Å². The van der Waals surface area contributed by atoms with Gasteiger partial charge >= 0.3 is 0 Å². The third-order valence-electron chi connectivity index (χ3n) is 4.83. The standard InChI is InChI=1S/C24H15ClO/c25-18-13-11-16(12-14-18)19-8-3-5-17-6-4-9-21(24(17)19)22-15-26-23-10-2-1-7-20(22)23/h1-15H. The average molecular weight is 355 g/mol. The van der Waals surface area contributed by atoms with Gasteiger partial charge in [-0.05, 0) is 45.7 Å². The fraction of sp³-hybridized carbons (Fsp3) is 0. The molecule has 1 heterocycles. The summed E-state index contributed by atoms with van der Waals surface area (Å²) < 4.78 is 5.80. The third kappa shape index (κ3) is 2.40. The van der Waals surface area contributed by atoms with Crippen LogP contribution in [0.1, 0.15) is 0 Å². The predicted octanol–water partition coefficient (Wildman–Crippen LogP) is 7.57. The number of halogens is 1. The van der Waals surface area contributed by atoms with Crippen LogP contribution in [0.15, 0.2) is 95.6 Å². The van der Waals surface area contributed by atoms with Crippen molar-refractivity contribution in [3.05, 3.63) is 96.2 Å². The van der Waals surface area contributed by atoms with Crippen LogP contribution in [0, 0.1) is 0 Å². The molecule has 0 fully saturated rings. The number of para-hydroxylation sites is 1. The van der Waals surface area contributed by atoms with Gasteiger partial charge in [-0.1, -0.05) is 78.3 Å². The molecule has 0 saturated heterocycles. The molecule has 0 amide bonds. The summed E-state index contributed by atoms with van der Waals surface area (Å²) in [5.41, 5.74) is 5.55. The zero-order chi connectivity index (χ0) is 17.5. The van der Waals surface area contributed by atoms with Gasteiger partial charge < -0.3 is 4.42 Å². The van der Waals surface area contributed by atoms with Crippen LogP contribution in [0.2, 0.25) is 5.02 Å². The van der Waals surface area contributed by atoms with Crippen LogP contribution < -0.4 is 0 Å². The number of benzene rings is 4. The number of rotatable bonds is 2. The molecule has 0 aliphatic heterocycles. The molecule has 0 unspecified atom stereocenters. The summed E-state index contributed by atoms with van der Waals surface area (Å²) in [6.07, 6.45) is 1.86. The number of hydrogen-bond donors (Lipinski definition) is 0. The van der Waals surface area contributed by atoms with Gasteiger partial charge in [0.05, 0.1) is 6.26 Å². The maximum absolute atomic E-state index is 6.08. The lowest BCUT2D eigenvalue weighted by Crippen LogP contribution is -1.86. The minimum atomic E-state index is 0.745. The number of hydrogen-bond acceptors (Lipinski definition) is 1. The van der Waals surface area contributed by atoms with Gasteiger partial charge in [0.15, 0.2) is 0 Å². The first-order valence-electron chi connectivity index (χ1n) is 8.55. The van der Waals surface area contributed by atoms with Gasteiger partial charge in [0.1, 0.15) is 5.58 Å². The molecule has 0 bridgehead atoms. The molecular weight excluding hydrogens is 340 g/mol. The summed E-state index contributed by atoms with van der Waals surface area (Å²) >= 11 is 6.08. The fourth-order valence-electron chi connectivity index (χ4n) is 3.62. The van der Waals surface area contributed by atoms with Crippen molar-refractivity contribution < 1.29 is 4.42 Å². The topological polar surface area (TPSA) is 13.1 Å². The first-order valence-corrected chi connectivity index (χ1v) is 8.93. The second-order valence-corrected chi connectivity index (χ2v) is 6.80. The minimum absolute atomic E-state index is 0.745. The Hall–Kier alpha value is -3.03. The maximum Gasteiger partial charge on any atom is 0.134 e. The predicted molar refractivity (Wildman–Crippen MR) is 110 cm³/mol. The van der Waals surface area contributed by atoms with E-state index in [9.17, 15) is 0 Å². The molecule has 5 rings (SSSR count). The Kier molecular flexibility index (Phi) is 3.55. The van der Waals surface area contributed by atoms with Crippen molar-refractivity contribution in [2.24, 2.45) is 0 Å². The molecule has 5 aromatic rings. The van der Waals surface area contributed by atoms with E-state index >= 15 is 0 Å². The number of fused-ring (bicyclic) bond motifs is 2. The molecule has 1 aromatic heterocycles. The average Bonchev–Trinajstić information content (AvgIpc) is 3.12. The molecule has 0 saturated carbocycles. The van der Waals surface area contributed by atoms with Crippen molar-refractivity contribution in [1.82, 2.24) is 0 Å². The number of furan rings is 1. The molecule has 4 aromatic carbocycles. The molecule has 0 aliphatic carbocycles. The highest BCUT2D eigenvalue weighted by atomic mass is 35.5. The minimum Gasteiger partial charge on any atom is -0.464 e. The van der Waals surface area contributed by atoms with Crippen LogP contribution in [0.25, 0.3) is 44.0 Å². The van der Waals surface area contributed by atoms with Gasteiger partial charge in [-0.3, -0.25) is 0 Å². The zero-order valence-electron chi connectivity index (χ0n) is 13.9. The van der Waals surface area contributed by atoms with Gasteiger partial charge in [0, 0.05) is 16.0 Å². The second kappa shape index (κ2) is 6.05. The third-order valence-corrected chi connectivity index (χ3v) is 5.08. The normalized spacial score (nSPS) is 11.3. The Bertz CT molecular complexity index is 1230. The second-order valence-electron chi connectivity index (χ2n) is 6.36. The lowest BCUT2D eigenvalue weighted by atomic mass is 9.91. The highest BCUT2D eigenvalue weighted by molar-refractivity contribution is 6.30. The van der Waals surface area contributed by atoms with Gasteiger partial charge in [0.25, 0.3) is 0 Å². The van der Waals surface area contributed by atoms with Crippen LogP contribution in [0.4, 0.5) is 0 Å². The van der Waals surface area contributed by atoms with E-state index in [1.165, 1.54) is 21.9 Å². The van der Waals surface area contributed by atoms with Crippen LogP contribution in [0.5, 0.6) is 0 Å². The SMILES string of the molecule is Clc1ccc(-c2cccc3cccc(-c4coc5ccccc45)c23)cc1. The molecule has 0 N–H and O–H groups in total. The smallest absolute Gasteiger partial charge is 0.134 e. The molecule has 26 heavy (non-hydrogen) atoms. The van der Waals surface area contributed by atoms with Gasteiger partial charge in [-0.25, -0.2) is 0 Å². The Morgan fingerprint density at radius 2 is 1.35 bits per heavy atom. The zero-order valence-corrected chi connectivity index (χ0v) is 14.7. The van der Waals surface area contributed by atoms with Crippen LogP contribution >= 0.6 is 11.6 Å². The Labute approximate surface area is 156 Å². The van der Waals surface area contributed by atoms with E-state index in [1.54, 1.807) is 0 Å². The van der Waals surface area contributed by atoms with Crippen LogP contribution in [-0.4, -0.2) is 0 Å². The van der Waals surface area contributed by atoms with E-state index in [-0.39, 0.29) is 0 Å². The highest BCUT2D eigenvalue weighted by Gasteiger charge is 2.14. The van der Waals surface area contributed by atoms with Gasteiger partial charge in [-0.15, -0.1) is 0 Å². The van der Waals surface area contributed by atoms with E-state index in [0.29, 0.717) is 0 Å². The summed E-state index contributed by atoms with van der Waals surface area (Å²) in [5.74, 6) is 0. The molecule has 2 heteroatoms. The van der Waals surface area contributed by atoms with E-state index in [0.717, 1.165) is 27.1 Å². The van der Waals surface area contributed by atoms with Gasteiger partial charge in [0.2, 0.25) is 0 Å². The summed E-state index contributed by atoms with van der Waals surface area (Å²) in [4.78, 5) is 0. The van der Waals surface area contributed by atoms with Crippen molar-refractivity contribution in [2.45, 2.75) is 0 Å². The lowest BCUT2D eigenvalue weighted by Gasteiger charge is -2.12. The van der Waals surface area contributed by atoms with Crippen molar-refractivity contribution in [3.8, 4) is 22.3 Å². The molecule has 0 spiro atoms. The molecule has 0 atom stereocenters. The first kappa shape index (κ1) is 15.2. The summed E-state index contributed by atoms with van der Waals surface area (Å²) in [6, 6.07) is 29.0. The quantitative estimate of drug-likeness (QED) is 0.318. The van der Waals surface area contributed by atoms with E-state index < -0.39 is 0 Å². The molecule has 1 nitrogen and oxygen atoms in total. The monoisotopic (exact) mass is 354 g/mol. The van der Waals surface area contributed by atoms with E-state index in [2.05, 4.69) is 54.6 Å². The molecule has 0 radical (unpaired) electrons. The molecule has 124 valence electrons. The Morgan fingerprint density at radius 1 is 0.615 bits per heavy atom. The van der Waals surface area contributed by atoms with E-state index in [4.69, 9.17) is 16.0 Å². The maximum atomic E-state index is 6.08. The fourth-order valence-corrected chi connectivity index (χ4v) is 3.75. The Morgan fingerprint density at radius 3 is 2.15 bits per heavy atom. The largest absolute Gasteiger partial charge is 0.464 e. The Balaban J connectivity index is 1.85. The van der Waals surface area contributed by atoms with E-state index in [1.807, 2.05) is 36.6 Å². The van der Waals surface area contributed by atoms with Crippen molar-refractivity contribution in [1.29, 1.82) is 0 Å². The molecule has 0 aliphatic rings. The van der Waals surface area contributed by atoms with Crippen molar-refractivity contribution >= 4 is 33.3 Å². The summed E-state index contributed by atoms with van der Waals surface area (Å²) in [5, 5.41) is 4.31. The highest BCUT2D eigenvalue weighted by Crippen LogP contribution is 2.39. The first-order chi connectivity index (χ1) is 12.8. The lowest BCUT2D eigenvalue weighted by molar-refractivity contribution is 0.617.